The molecule has 4 rings (SSSR count). The third kappa shape index (κ3) is 3.80. The van der Waals surface area contributed by atoms with Crippen LogP contribution in [0.25, 0.3) is 22.3 Å². The summed E-state index contributed by atoms with van der Waals surface area (Å²) in [6, 6.07) is 18.0. The van der Waals surface area contributed by atoms with E-state index in [4.69, 9.17) is 4.42 Å². The van der Waals surface area contributed by atoms with Crippen LogP contribution in [0.4, 0.5) is 0 Å². The minimum Gasteiger partial charge on any atom is -0.444 e. The fourth-order valence-electron chi connectivity index (χ4n) is 3.14. The summed E-state index contributed by atoms with van der Waals surface area (Å²) in [4.78, 5) is 30.5. The zero-order valence-corrected chi connectivity index (χ0v) is 18.4. The Balaban J connectivity index is 1.86. The monoisotopic (exact) mass is 465 g/mol. The third-order valence-electron chi connectivity index (χ3n) is 4.80. The lowest BCUT2D eigenvalue weighted by molar-refractivity contribution is 0.0980. The van der Waals surface area contributed by atoms with Gasteiger partial charge in [0.25, 0.3) is 5.56 Å². The van der Waals surface area contributed by atoms with Gasteiger partial charge in [0.15, 0.2) is 16.3 Å². The Labute approximate surface area is 181 Å². The molecule has 4 aromatic rings. The van der Waals surface area contributed by atoms with Gasteiger partial charge in [-0.05, 0) is 51.2 Å². The number of benzene rings is 2. The molecular weight excluding hydrogens is 446 g/mol. The van der Waals surface area contributed by atoms with Crippen LogP contribution in [0, 0.1) is 0 Å². The van der Waals surface area contributed by atoms with Gasteiger partial charge in [-0.1, -0.05) is 57.2 Å². The molecule has 7 heteroatoms. The van der Waals surface area contributed by atoms with Gasteiger partial charge in [0.1, 0.15) is 0 Å². The Bertz CT molecular complexity index is 1300. The molecule has 0 aliphatic rings. The van der Waals surface area contributed by atoms with Crippen LogP contribution in [-0.4, -0.2) is 15.6 Å². The van der Waals surface area contributed by atoms with Gasteiger partial charge in [0.2, 0.25) is 0 Å². The van der Waals surface area contributed by atoms with Crippen molar-refractivity contribution in [1.82, 2.24) is 9.66 Å². The quantitative estimate of drug-likeness (QED) is 0.456. The molecule has 30 heavy (non-hydrogen) atoms. The minimum absolute atomic E-state index is 0.00407. The number of fused-ring (bicyclic) bond motifs is 1. The number of nitrogens with zero attached hydrogens (tertiary/aromatic N) is 2. The number of carbonyl (C=O) groups excluding carboxylic acids is 1. The largest absolute Gasteiger partial charge is 0.444 e. The van der Waals surface area contributed by atoms with Gasteiger partial charge in [-0.25, -0.2) is 4.98 Å². The first-order chi connectivity index (χ1) is 14.2. The van der Waals surface area contributed by atoms with Crippen molar-refractivity contribution < 1.29 is 9.21 Å². The Morgan fingerprint density at radius 2 is 1.73 bits per heavy atom. The molecule has 0 bridgehead atoms. The highest BCUT2D eigenvalue weighted by atomic mass is 79.9. The summed E-state index contributed by atoms with van der Waals surface area (Å²) in [5.41, 5.74) is 4.69. The van der Waals surface area contributed by atoms with Gasteiger partial charge in [-0.3, -0.25) is 15.0 Å². The van der Waals surface area contributed by atoms with Gasteiger partial charge in [0, 0.05) is 5.56 Å². The molecule has 0 unspecified atom stereocenters. The smallest absolute Gasteiger partial charge is 0.305 e. The lowest BCUT2D eigenvalue weighted by atomic mass is 9.86. The van der Waals surface area contributed by atoms with Gasteiger partial charge in [-0.2, -0.15) is 4.68 Å². The summed E-state index contributed by atoms with van der Waals surface area (Å²) < 4.78 is 6.91. The molecule has 2 aromatic carbocycles. The molecule has 0 fully saturated rings. The number of nitrogens with one attached hydrogen (secondary N) is 1. The number of carbonyl (C=O) groups is 1. The normalized spacial score (nSPS) is 11.6. The molecule has 0 saturated carbocycles. The van der Waals surface area contributed by atoms with Crippen molar-refractivity contribution in [2.45, 2.75) is 26.2 Å². The van der Waals surface area contributed by atoms with Crippen LogP contribution in [0.1, 0.15) is 36.9 Å². The maximum atomic E-state index is 13.2. The van der Waals surface area contributed by atoms with Crippen LogP contribution in [0.2, 0.25) is 0 Å². The molecule has 0 atom stereocenters. The molecule has 1 N–H and O–H groups in total. The number of furan rings is 1. The molecule has 2 heterocycles. The van der Waals surface area contributed by atoms with Crippen LogP contribution >= 0.6 is 15.9 Å². The SMILES string of the molecule is CC(C)(C)c1ccc(-c2nc3ccccc3c(=O)n2NC(=O)c2ccc(Br)o2)cc1. The number of hydrogen-bond donors (Lipinski definition) is 1. The second-order valence-electron chi connectivity index (χ2n) is 7.97. The summed E-state index contributed by atoms with van der Waals surface area (Å²) in [6.45, 7) is 6.40. The van der Waals surface area contributed by atoms with Crippen molar-refractivity contribution in [1.29, 1.82) is 0 Å². The maximum absolute atomic E-state index is 13.2. The van der Waals surface area contributed by atoms with Crippen LogP contribution in [-0.2, 0) is 5.41 Å². The van der Waals surface area contributed by atoms with E-state index in [0.717, 1.165) is 5.56 Å². The molecule has 1 amide bonds. The van der Waals surface area contributed by atoms with Crippen molar-refractivity contribution in [3.05, 3.63) is 87.0 Å². The summed E-state index contributed by atoms with van der Waals surface area (Å²) in [6.07, 6.45) is 0. The van der Waals surface area contributed by atoms with E-state index >= 15 is 0 Å². The number of aromatic nitrogens is 2. The third-order valence-corrected chi connectivity index (χ3v) is 5.22. The van der Waals surface area contributed by atoms with E-state index in [-0.39, 0.29) is 16.7 Å². The predicted octanol–water partition coefficient (Wildman–Crippen LogP) is 5.10. The summed E-state index contributed by atoms with van der Waals surface area (Å²) in [7, 11) is 0. The fraction of sp³-hybridized carbons (Fsp3) is 0.174. The Morgan fingerprint density at radius 1 is 1.03 bits per heavy atom. The molecule has 0 aliphatic carbocycles. The van der Waals surface area contributed by atoms with E-state index in [2.05, 4.69) is 47.1 Å². The van der Waals surface area contributed by atoms with Crippen LogP contribution < -0.4 is 11.0 Å². The molecule has 0 aliphatic heterocycles. The average Bonchev–Trinajstić information content (AvgIpc) is 3.16. The second-order valence-corrected chi connectivity index (χ2v) is 8.75. The first kappa shape index (κ1) is 20.1. The van der Waals surface area contributed by atoms with E-state index in [9.17, 15) is 9.59 Å². The molecular formula is C23H20BrN3O3. The maximum Gasteiger partial charge on any atom is 0.305 e. The number of rotatable bonds is 3. The van der Waals surface area contributed by atoms with Crippen molar-refractivity contribution in [3.8, 4) is 11.4 Å². The minimum atomic E-state index is -0.549. The van der Waals surface area contributed by atoms with Crippen molar-refractivity contribution in [2.75, 3.05) is 5.43 Å². The summed E-state index contributed by atoms with van der Waals surface area (Å²) in [5.74, 6) is -0.124. The standard InChI is InChI=1S/C23H20BrN3O3/c1-23(2,3)15-10-8-14(9-11-15)20-25-17-7-5-4-6-16(17)22(29)27(20)26-21(28)18-12-13-19(24)30-18/h4-13H,1-3H3,(H,26,28). The number of hydrogen-bond acceptors (Lipinski definition) is 4. The molecule has 152 valence electrons. The first-order valence-electron chi connectivity index (χ1n) is 9.43. The van der Waals surface area contributed by atoms with Crippen LogP contribution in [0.5, 0.6) is 0 Å². The summed E-state index contributed by atoms with van der Waals surface area (Å²) in [5, 5.41) is 0.411. The molecule has 0 spiro atoms. The Kier molecular flexibility index (Phi) is 5.07. The number of amides is 1. The number of halogens is 1. The molecule has 0 saturated heterocycles. The van der Waals surface area contributed by atoms with E-state index in [1.165, 1.54) is 10.7 Å². The fourth-order valence-corrected chi connectivity index (χ4v) is 3.45. The topological polar surface area (TPSA) is 77.1 Å². The van der Waals surface area contributed by atoms with Gasteiger partial charge in [-0.15, -0.1) is 0 Å². The average molecular weight is 466 g/mol. The Hall–Kier alpha value is -3.19. The lowest BCUT2D eigenvalue weighted by Gasteiger charge is -2.19. The van der Waals surface area contributed by atoms with Gasteiger partial charge < -0.3 is 4.42 Å². The zero-order chi connectivity index (χ0) is 21.5. The van der Waals surface area contributed by atoms with E-state index in [1.54, 1.807) is 24.3 Å². The van der Waals surface area contributed by atoms with Crippen molar-refractivity contribution >= 4 is 32.7 Å². The molecule has 2 aromatic heterocycles. The number of para-hydroxylation sites is 1. The van der Waals surface area contributed by atoms with Crippen LogP contribution in [0.15, 0.2) is 74.5 Å². The van der Waals surface area contributed by atoms with E-state index in [1.807, 2.05) is 30.3 Å². The Morgan fingerprint density at radius 3 is 2.37 bits per heavy atom. The second kappa shape index (κ2) is 7.57. The van der Waals surface area contributed by atoms with E-state index < -0.39 is 5.91 Å². The molecule has 6 nitrogen and oxygen atoms in total. The highest BCUT2D eigenvalue weighted by Gasteiger charge is 2.19. The highest BCUT2D eigenvalue weighted by molar-refractivity contribution is 9.10. The first-order valence-corrected chi connectivity index (χ1v) is 10.2. The highest BCUT2D eigenvalue weighted by Crippen LogP contribution is 2.25. The van der Waals surface area contributed by atoms with Crippen LogP contribution in [0.3, 0.4) is 0 Å². The van der Waals surface area contributed by atoms with Gasteiger partial charge in [0.05, 0.1) is 10.9 Å². The lowest BCUT2D eigenvalue weighted by Crippen LogP contribution is -2.35. The van der Waals surface area contributed by atoms with Gasteiger partial charge >= 0.3 is 5.91 Å². The molecule has 0 radical (unpaired) electrons. The van der Waals surface area contributed by atoms with Crippen molar-refractivity contribution in [2.24, 2.45) is 0 Å². The zero-order valence-electron chi connectivity index (χ0n) is 16.8. The summed E-state index contributed by atoms with van der Waals surface area (Å²) >= 11 is 3.18. The van der Waals surface area contributed by atoms with E-state index in [0.29, 0.717) is 27.0 Å². The predicted molar refractivity (Wildman–Crippen MR) is 120 cm³/mol. The van der Waals surface area contributed by atoms with Crippen molar-refractivity contribution in [3.63, 3.8) is 0 Å².